The van der Waals surface area contributed by atoms with Gasteiger partial charge in [-0.2, -0.15) is 0 Å². The number of benzene rings is 2. The van der Waals surface area contributed by atoms with Crippen molar-refractivity contribution in [3.8, 4) is 5.75 Å². The first kappa shape index (κ1) is 18.6. The number of nitrogens with one attached hydrogen (secondary N) is 1. The Hall–Kier alpha value is -2.17. The van der Waals surface area contributed by atoms with E-state index < -0.39 is 0 Å². The molecule has 0 spiro atoms. The summed E-state index contributed by atoms with van der Waals surface area (Å²) >= 11 is 0. The predicted molar refractivity (Wildman–Crippen MR) is 103 cm³/mol. The first-order valence-electron chi connectivity index (χ1n) is 9.42. The second-order valence-electron chi connectivity index (χ2n) is 6.68. The zero-order valence-corrected chi connectivity index (χ0v) is 15.1. The molecule has 1 aliphatic heterocycles. The molecule has 1 aliphatic rings. The molecular formula is C22H27NO3. The molecule has 0 saturated carbocycles. The van der Waals surface area contributed by atoms with E-state index in [0.717, 1.165) is 37.1 Å². The minimum absolute atomic E-state index is 0.194. The van der Waals surface area contributed by atoms with Gasteiger partial charge in [-0.3, -0.25) is 4.79 Å². The van der Waals surface area contributed by atoms with Crippen LogP contribution >= 0.6 is 0 Å². The highest BCUT2D eigenvalue weighted by atomic mass is 16.5. The third-order valence-corrected chi connectivity index (χ3v) is 4.63. The fourth-order valence-corrected chi connectivity index (χ4v) is 3.26. The number of Topliss-reactive ketones (excluding diaryl/α,β-unsaturated/α-hetero) is 1. The second-order valence-corrected chi connectivity index (χ2v) is 6.68. The van der Waals surface area contributed by atoms with Crippen LogP contribution < -0.4 is 10.1 Å². The Bertz CT molecular complexity index is 660. The molecule has 138 valence electrons. The fourth-order valence-electron chi connectivity index (χ4n) is 3.26. The van der Waals surface area contributed by atoms with Crippen LogP contribution in [0.3, 0.4) is 0 Å². The van der Waals surface area contributed by atoms with Crippen molar-refractivity contribution < 1.29 is 14.3 Å². The third kappa shape index (κ3) is 5.97. The summed E-state index contributed by atoms with van der Waals surface area (Å²) in [5, 5.41) is 3.45. The van der Waals surface area contributed by atoms with Crippen molar-refractivity contribution in [3.63, 3.8) is 0 Å². The van der Waals surface area contributed by atoms with Gasteiger partial charge < -0.3 is 14.8 Å². The first-order chi connectivity index (χ1) is 12.8. The van der Waals surface area contributed by atoms with E-state index in [-0.39, 0.29) is 17.9 Å². The first-order valence-corrected chi connectivity index (χ1v) is 9.42. The van der Waals surface area contributed by atoms with E-state index >= 15 is 0 Å². The van der Waals surface area contributed by atoms with E-state index in [0.29, 0.717) is 19.6 Å². The van der Waals surface area contributed by atoms with Gasteiger partial charge in [-0.05, 0) is 31.5 Å². The van der Waals surface area contributed by atoms with Crippen LogP contribution in [-0.4, -0.2) is 37.7 Å². The summed E-state index contributed by atoms with van der Waals surface area (Å²) < 4.78 is 11.7. The van der Waals surface area contributed by atoms with Crippen LogP contribution in [0.15, 0.2) is 60.7 Å². The lowest BCUT2D eigenvalue weighted by Crippen LogP contribution is -2.42. The van der Waals surface area contributed by atoms with E-state index in [1.807, 2.05) is 60.7 Å². The molecule has 1 fully saturated rings. The standard InChI is InChI=1S/C22H27NO3/c24-22(18-8-3-1-4-9-18)17-19-16-21(12-13-23-19)26-15-7-14-25-20-10-5-2-6-11-20/h1-6,8-11,19,21,23H,7,12-17H2. The molecular weight excluding hydrogens is 326 g/mol. The maximum Gasteiger partial charge on any atom is 0.164 e. The van der Waals surface area contributed by atoms with E-state index in [1.54, 1.807) is 0 Å². The quantitative estimate of drug-likeness (QED) is 0.549. The van der Waals surface area contributed by atoms with Gasteiger partial charge >= 0.3 is 0 Å². The van der Waals surface area contributed by atoms with Gasteiger partial charge in [0.15, 0.2) is 5.78 Å². The molecule has 3 rings (SSSR count). The molecule has 2 aromatic carbocycles. The molecule has 2 aromatic rings. The van der Waals surface area contributed by atoms with Gasteiger partial charge in [0.2, 0.25) is 0 Å². The smallest absolute Gasteiger partial charge is 0.164 e. The molecule has 26 heavy (non-hydrogen) atoms. The number of carbonyl (C=O) groups is 1. The number of para-hydroxylation sites is 1. The number of hydrogen-bond acceptors (Lipinski definition) is 4. The summed E-state index contributed by atoms with van der Waals surface area (Å²) in [6, 6.07) is 19.5. The van der Waals surface area contributed by atoms with Crippen LogP contribution in [0.1, 0.15) is 36.0 Å². The molecule has 0 radical (unpaired) electrons. The Morgan fingerprint density at radius 1 is 1.00 bits per heavy atom. The van der Waals surface area contributed by atoms with E-state index in [4.69, 9.17) is 9.47 Å². The van der Waals surface area contributed by atoms with Gasteiger partial charge in [0, 0.05) is 24.4 Å². The van der Waals surface area contributed by atoms with Crippen LogP contribution in [0.4, 0.5) is 0 Å². The highest BCUT2D eigenvalue weighted by molar-refractivity contribution is 5.96. The summed E-state index contributed by atoms with van der Waals surface area (Å²) in [6.07, 6.45) is 3.50. The molecule has 2 unspecified atom stereocenters. The molecule has 4 nitrogen and oxygen atoms in total. The normalized spacial score (nSPS) is 19.8. The SMILES string of the molecule is O=C(CC1CC(OCCCOc2ccccc2)CCN1)c1ccccc1. The second kappa shape index (κ2) is 10.1. The van der Waals surface area contributed by atoms with Gasteiger partial charge in [0.1, 0.15) is 5.75 Å². The van der Waals surface area contributed by atoms with Crippen LogP contribution in [-0.2, 0) is 4.74 Å². The number of ketones is 1. The summed E-state index contributed by atoms with van der Waals surface area (Å²) in [4.78, 5) is 12.4. The summed E-state index contributed by atoms with van der Waals surface area (Å²) in [6.45, 7) is 2.25. The third-order valence-electron chi connectivity index (χ3n) is 4.63. The van der Waals surface area contributed by atoms with Crippen molar-refractivity contribution >= 4 is 5.78 Å². The van der Waals surface area contributed by atoms with E-state index in [1.165, 1.54) is 0 Å². The van der Waals surface area contributed by atoms with Gasteiger partial charge in [0.05, 0.1) is 19.3 Å². The van der Waals surface area contributed by atoms with Crippen molar-refractivity contribution in [1.29, 1.82) is 0 Å². The van der Waals surface area contributed by atoms with Crippen LogP contribution in [0.2, 0.25) is 0 Å². The number of rotatable bonds is 9. The Labute approximate surface area is 155 Å². The molecule has 2 atom stereocenters. The largest absolute Gasteiger partial charge is 0.494 e. The van der Waals surface area contributed by atoms with Crippen LogP contribution in [0, 0.1) is 0 Å². The zero-order chi connectivity index (χ0) is 18.0. The highest BCUT2D eigenvalue weighted by Gasteiger charge is 2.24. The summed E-state index contributed by atoms with van der Waals surface area (Å²) in [7, 11) is 0. The maximum atomic E-state index is 12.4. The lowest BCUT2D eigenvalue weighted by molar-refractivity contribution is 0.0161. The lowest BCUT2D eigenvalue weighted by atomic mass is 9.95. The minimum atomic E-state index is 0.194. The lowest BCUT2D eigenvalue weighted by Gasteiger charge is -2.30. The van der Waals surface area contributed by atoms with Crippen LogP contribution in [0.5, 0.6) is 5.75 Å². The number of carbonyl (C=O) groups excluding carboxylic acids is 1. The number of ether oxygens (including phenoxy) is 2. The summed E-state index contributed by atoms with van der Waals surface area (Å²) in [5.74, 6) is 1.09. The van der Waals surface area contributed by atoms with E-state index in [9.17, 15) is 4.79 Å². The Morgan fingerprint density at radius 2 is 1.73 bits per heavy atom. The minimum Gasteiger partial charge on any atom is -0.494 e. The molecule has 1 heterocycles. The molecule has 0 amide bonds. The van der Waals surface area contributed by atoms with Gasteiger partial charge in [-0.15, -0.1) is 0 Å². The maximum absolute atomic E-state index is 12.4. The highest BCUT2D eigenvalue weighted by Crippen LogP contribution is 2.17. The molecule has 0 aromatic heterocycles. The molecule has 0 aliphatic carbocycles. The number of piperidine rings is 1. The molecule has 1 N–H and O–H groups in total. The Balaban J connectivity index is 1.34. The fraction of sp³-hybridized carbons (Fsp3) is 0.409. The summed E-state index contributed by atoms with van der Waals surface area (Å²) in [5.41, 5.74) is 0.787. The average Bonchev–Trinajstić information content (AvgIpc) is 2.69. The molecule has 1 saturated heterocycles. The van der Waals surface area contributed by atoms with Crippen LogP contribution in [0.25, 0.3) is 0 Å². The van der Waals surface area contributed by atoms with Crippen molar-refractivity contribution in [2.75, 3.05) is 19.8 Å². The van der Waals surface area contributed by atoms with E-state index in [2.05, 4.69) is 5.32 Å². The average molecular weight is 353 g/mol. The monoisotopic (exact) mass is 353 g/mol. The Morgan fingerprint density at radius 3 is 2.50 bits per heavy atom. The molecule has 4 heteroatoms. The topological polar surface area (TPSA) is 47.6 Å². The Kier molecular flexibility index (Phi) is 7.23. The number of hydrogen-bond donors (Lipinski definition) is 1. The van der Waals surface area contributed by atoms with Gasteiger partial charge in [0.25, 0.3) is 0 Å². The van der Waals surface area contributed by atoms with Gasteiger partial charge in [-0.25, -0.2) is 0 Å². The van der Waals surface area contributed by atoms with Crippen molar-refractivity contribution in [1.82, 2.24) is 5.32 Å². The van der Waals surface area contributed by atoms with Crippen molar-refractivity contribution in [2.24, 2.45) is 0 Å². The van der Waals surface area contributed by atoms with Gasteiger partial charge in [-0.1, -0.05) is 48.5 Å². The molecule has 0 bridgehead atoms. The van der Waals surface area contributed by atoms with Crippen molar-refractivity contribution in [3.05, 3.63) is 66.2 Å². The van der Waals surface area contributed by atoms with Crippen molar-refractivity contribution in [2.45, 2.75) is 37.8 Å². The predicted octanol–water partition coefficient (Wildman–Crippen LogP) is 3.87. The zero-order valence-electron chi connectivity index (χ0n) is 15.1.